The molecule has 0 fully saturated rings. The number of nitrogens with one attached hydrogen (secondary N) is 1. The van der Waals surface area contributed by atoms with Crippen molar-refractivity contribution in [3.05, 3.63) is 48.0 Å². The van der Waals surface area contributed by atoms with Crippen molar-refractivity contribution in [1.82, 2.24) is 0 Å². The molecule has 0 bridgehead atoms. The second kappa shape index (κ2) is 8.84. The van der Waals surface area contributed by atoms with Crippen LogP contribution in [0.1, 0.15) is 24.2 Å². The molecule has 7 heteroatoms. The first-order chi connectivity index (χ1) is 12.8. The van der Waals surface area contributed by atoms with Crippen LogP contribution >= 0.6 is 0 Å². The van der Waals surface area contributed by atoms with Crippen LogP contribution in [0.4, 0.5) is 11.4 Å². The zero-order valence-corrected chi connectivity index (χ0v) is 15.7. The van der Waals surface area contributed by atoms with Crippen molar-refractivity contribution in [2.45, 2.75) is 13.8 Å². The minimum Gasteiger partial charge on any atom is -0.497 e. The Morgan fingerprint density at radius 1 is 1.00 bits per heavy atom. The molecule has 0 aliphatic heterocycles. The predicted octanol–water partition coefficient (Wildman–Crippen LogP) is 2.90. The Hall–Kier alpha value is -3.35. The summed E-state index contributed by atoms with van der Waals surface area (Å²) in [6, 6.07) is 11.6. The fourth-order valence-electron chi connectivity index (χ4n) is 2.51. The van der Waals surface area contributed by atoms with Gasteiger partial charge in [0, 0.05) is 24.2 Å². The number of carbonyl (C=O) groups excluding carboxylic acids is 3. The van der Waals surface area contributed by atoms with E-state index in [4.69, 9.17) is 9.47 Å². The summed E-state index contributed by atoms with van der Waals surface area (Å²) < 4.78 is 10.4. The Bertz CT molecular complexity index is 863. The summed E-state index contributed by atoms with van der Waals surface area (Å²) in [4.78, 5) is 37.4. The quantitative estimate of drug-likeness (QED) is 0.758. The van der Waals surface area contributed by atoms with Gasteiger partial charge < -0.3 is 19.7 Å². The van der Waals surface area contributed by atoms with E-state index in [0.717, 1.165) is 0 Å². The highest BCUT2D eigenvalue weighted by atomic mass is 16.5. The molecule has 1 N–H and O–H groups in total. The molecule has 2 aromatic carbocycles. The maximum Gasteiger partial charge on any atom is 0.244 e. The van der Waals surface area contributed by atoms with E-state index in [-0.39, 0.29) is 18.2 Å². The molecule has 2 amide bonds. The van der Waals surface area contributed by atoms with Gasteiger partial charge >= 0.3 is 0 Å². The zero-order chi connectivity index (χ0) is 20.0. The van der Waals surface area contributed by atoms with E-state index in [1.165, 1.54) is 33.0 Å². The van der Waals surface area contributed by atoms with Crippen molar-refractivity contribution in [3.63, 3.8) is 0 Å². The number of Topliss-reactive ketones (excluding diaryl/α,β-unsaturated/α-hetero) is 1. The molecule has 0 aliphatic rings. The average Bonchev–Trinajstić information content (AvgIpc) is 2.66. The minimum atomic E-state index is -0.401. The lowest BCUT2D eigenvalue weighted by Gasteiger charge is -2.21. The molecule has 2 rings (SSSR count). The number of anilines is 2. The lowest BCUT2D eigenvalue weighted by Crippen LogP contribution is -2.36. The highest BCUT2D eigenvalue weighted by Crippen LogP contribution is 2.29. The van der Waals surface area contributed by atoms with Crippen LogP contribution in [-0.2, 0) is 9.59 Å². The van der Waals surface area contributed by atoms with Crippen LogP contribution in [0.5, 0.6) is 11.5 Å². The highest BCUT2D eigenvalue weighted by molar-refractivity contribution is 6.03. The van der Waals surface area contributed by atoms with Crippen molar-refractivity contribution in [3.8, 4) is 11.5 Å². The molecule has 0 saturated heterocycles. The molecule has 0 unspecified atom stereocenters. The Kier molecular flexibility index (Phi) is 6.54. The first-order valence-corrected chi connectivity index (χ1v) is 8.26. The first-order valence-electron chi connectivity index (χ1n) is 8.26. The number of methoxy groups -OCH3 is 2. The number of amides is 2. The summed E-state index contributed by atoms with van der Waals surface area (Å²) in [5, 5.41) is 2.72. The van der Waals surface area contributed by atoms with Gasteiger partial charge in [-0.15, -0.1) is 0 Å². The maximum absolute atomic E-state index is 12.5. The highest BCUT2D eigenvalue weighted by Gasteiger charge is 2.18. The molecule has 0 aromatic heterocycles. The Balaban J connectivity index is 2.20. The topological polar surface area (TPSA) is 84.9 Å². The normalized spacial score (nSPS) is 10.1. The zero-order valence-electron chi connectivity index (χ0n) is 15.7. The molecule has 0 atom stereocenters. The Morgan fingerprint density at radius 3 is 2.33 bits per heavy atom. The van der Waals surface area contributed by atoms with Gasteiger partial charge in [0.15, 0.2) is 5.78 Å². The number of carbonyl (C=O) groups is 3. The van der Waals surface area contributed by atoms with Gasteiger partial charge in [-0.25, -0.2) is 0 Å². The molecule has 0 radical (unpaired) electrons. The molecule has 0 spiro atoms. The summed E-state index contributed by atoms with van der Waals surface area (Å²) >= 11 is 0. The van der Waals surface area contributed by atoms with Gasteiger partial charge in [0.2, 0.25) is 11.8 Å². The number of ether oxygens (including phenoxy) is 2. The first kappa shape index (κ1) is 20.0. The van der Waals surface area contributed by atoms with Crippen LogP contribution in [0.3, 0.4) is 0 Å². The largest absolute Gasteiger partial charge is 0.497 e. The molecule has 7 nitrogen and oxygen atoms in total. The van der Waals surface area contributed by atoms with Gasteiger partial charge in [0.25, 0.3) is 0 Å². The average molecular weight is 370 g/mol. The number of nitrogens with zero attached hydrogens (tertiary/aromatic N) is 1. The standard InChI is InChI=1S/C20H22N2O5/c1-13(23)15-6-5-7-16(10-15)22(14(2)24)12-20(25)21-18-9-8-17(26-3)11-19(18)27-4/h5-11H,12H2,1-4H3,(H,21,25). The van der Waals surface area contributed by atoms with Crippen LogP contribution in [0.2, 0.25) is 0 Å². The van der Waals surface area contributed by atoms with E-state index < -0.39 is 5.91 Å². The summed E-state index contributed by atoms with van der Waals surface area (Å²) in [5.41, 5.74) is 1.41. The fourth-order valence-corrected chi connectivity index (χ4v) is 2.51. The molecule has 0 heterocycles. The Morgan fingerprint density at radius 2 is 1.74 bits per heavy atom. The summed E-state index contributed by atoms with van der Waals surface area (Å²) in [6.45, 7) is 2.60. The van der Waals surface area contributed by atoms with Crippen molar-refractivity contribution in [2.75, 3.05) is 31.0 Å². The van der Waals surface area contributed by atoms with Crippen molar-refractivity contribution >= 4 is 29.0 Å². The number of benzene rings is 2. The van der Waals surface area contributed by atoms with Gasteiger partial charge in [-0.1, -0.05) is 12.1 Å². The third kappa shape index (κ3) is 5.07. The predicted molar refractivity (Wildman–Crippen MR) is 103 cm³/mol. The monoisotopic (exact) mass is 370 g/mol. The molecule has 0 aliphatic carbocycles. The maximum atomic E-state index is 12.5. The molecular formula is C20H22N2O5. The van der Waals surface area contributed by atoms with Crippen LogP contribution in [-0.4, -0.2) is 38.4 Å². The molecule has 2 aromatic rings. The lowest BCUT2D eigenvalue weighted by atomic mass is 10.1. The van der Waals surface area contributed by atoms with Crippen molar-refractivity contribution in [1.29, 1.82) is 0 Å². The summed E-state index contributed by atoms with van der Waals surface area (Å²) in [7, 11) is 3.02. The van der Waals surface area contributed by atoms with Crippen LogP contribution in [0.15, 0.2) is 42.5 Å². The van der Waals surface area contributed by atoms with Crippen LogP contribution < -0.4 is 19.7 Å². The number of ketones is 1. The van der Waals surface area contributed by atoms with E-state index in [2.05, 4.69) is 5.32 Å². The number of hydrogen-bond acceptors (Lipinski definition) is 5. The van der Waals surface area contributed by atoms with Gasteiger partial charge in [-0.3, -0.25) is 14.4 Å². The number of hydrogen-bond donors (Lipinski definition) is 1. The van der Waals surface area contributed by atoms with E-state index >= 15 is 0 Å². The smallest absolute Gasteiger partial charge is 0.244 e. The van der Waals surface area contributed by atoms with Gasteiger partial charge in [-0.2, -0.15) is 0 Å². The lowest BCUT2D eigenvalue weighted by molar-refractivity contribution is -0.120. The van der Waals surface area contributed by atoms with E-state index in [0.29, 0.717) is 28.4 Å². The third-order valence-corrected chi connectivity index (χ3v) is 3.93. The van der Waals surface area contributed by atoms with Crippen LogP contribution in [0, 0.1) is 0 Å². The van der Waals surface area contributed by atoms with E-state index in [1.54, 1.807) is 42.5 Å². The fraction of sp³-hybridized carbons (Fsp3) is 0.250. The molecule has 27 heavy (non-hydrogen) atoms. The third-order valence-electron chi connectivity index (χ3n) is 3.93. The summed E-state index contributed by atoms with van der Waals surface area (Å²) in [6.07, 6.45) is 0. The minimum absolute atomic E-state index is 0.118. The Labute approximate surface area is 157 Å². The van der Waals surface area contributed by atoms with E-state index in [1.807, 2.05) is 0 Å². The molecule has 0 saturated carbocycles. The van der Waals surface area contributed by atoms with Gasteiger partial charge in [-0.05, 0) is 31.2 Å². The summed E-state index contributed by atoms with van der Waals surface area (Å²) in [5.74, 6) is 0.203. The van der Waals surface area contributed by atoms with Gasteiger partial charge in [0.05, 0.1) is 19.9 Å². The van der Waals surface area contributed by atoms with Crippen molar-refractivity contribution < 1.29 is 23.9 Å². The van der Waals surface area contributed by atoms with Crippen molar-refractivity contribution in [2.24, 2.45) is 0 Å². The second-order valence-electron chi connectivity index (χ2n) is 5.83. The molecule has 142 valence electrons. The number of rotatable bonds is 7. The molecular weight excluding hydrogens is 348 g/mol. The van der Waals surface area contributed by atoms with Gasteiger partial charge in [0.1, 0.15) is 18.0 Å². The SMILES string of the molecule is COc1ccc(NC(=O)CN(C(C)=O)c2cccc(C(C)=O)c2)c(OC)c1. The van der Waals surface area contributed by atoms with E-state index in [9.17, 15) is 14.4 Å². The van der Waals surface area contributed by atoms with Crippen LogP contribution in [0.25, 0.3) is 0 Å². The second-order valence-corrected chi connectivity index (χ2v) is 5.83.